The first-order chi connectivity index (χ1) is 12.0. The van der Waals surface area contributed by atoms with Gasteiger partial charge in [-0.15, -0.1) is 0 Å². The van der Waals surface area contributed by atoms with Crippen LogP contribution < -0.4 is 0 Å². The van der Waals surface area contributed by atoms with Gasteiger partial charge in [-0.2, -0.15) is 0 Å². The molecule has 0 aliphatic rings. The molecule has 126 valence electrons. The third kappa shape index (κ3) is 2.59. The van der Waals surface area contributed by atoms with Crippen molar-refractivity contribution in [1.82, 2.24) is 23.9 Å². The maximum Gasteiger partial charge on any atom is 0.162 e. The van der Waals surface area contributed by atoms with E-state index in [9.17, 15) is 4.39 Å². The Kier molecular flexibility index (Phi) is 3.60. The average Bonchev–Trinajstić information content (AvgIpc) is 3.13. The first kappa shape index (κ1) is 15.5. The quantitative estimate of drug-likeness (QED) is 0.573. The number of pyridine rings is 2. The van der Waals surface area contributed by atoms with E-state index in [1.165, 1.54) is 11.6 Å². The van der Waals surface area contributed by atoms with Crippen LogP contribution in [0.5, 0.6) is 0 Å². The number of imidazole rings is 2. The number of aromatic nitrogens is 5. The van der Waals surface area contributed by atoms with Gasteiger partial charge in [0.1, 0.15) is 11.3 Å². The average molecular weight is 335 g/mol. The molecule has 5 nitrogen and oxygen atoms in total. The Morgan fingerprint density at radius 2 is 1.92 bits per heavy atom. The van der Waals surface area contributed by atoms with Crippen molar-refractivity contribution < 1.29 is 4.39 Å². The molecule has 25 heavy (non-hydrogen) atoms. The lowest BCUT2D eigenvalue weighted by molar-refractivity contribution is 0.621. The highest BCUT2D eigenvalue weighted by atomic mass is 19.1. The molecule has 0 spiro atoms. The van der Waals surface area contributed by atoms with Crippen molar-refractivity contribution in [2.24, 2.45) is 0 Å². The Morgan fingerprint density at radius 1 is 1.08 bits per heavy atom. The Labute approximate surface area is 144 Å². The summed E-state index contributed by atoms with van der Waals surface area (Å²) in [4.78, 5) is 13.2. The zero-order valence-electron chi connectivity index (χ0n) is 14.4. The monoisotopic (exact) mass is 335 g/mol. The summed E-state index contributed by atoms with van der Waals surface area (Å²) in [5.74, 6) is 0.121. The van der Waals surface area contributed by atoms with Gasteiger partial charge in [-0.1, -0.05) is 0 Å². The lowest BCUT2D eigenvalue weighted by Gasteiger charge is -2.07. The standard InChI is InChI=1S/C19H18FN5/c1-12-9-13(2)25-14(3)16(23-17(25)10-12)11-24-8-7-22-19(24)18-15(20)5-4-6-21-18/h4-10H,11H2,1-3H3. The molecule has 0 atom stereocenters. The van der Waals surface area contributed by atoms with Crippen LogP contribution in [0.4, 0.5) is 4.39 Å². The smallest absolute Gasteiger partial charge is 0.162 e. The highest BCUT2D eigenvalue weighted by molar-refractivity contribution is 5.51. The minimum absolute atomic E-state index is 0.251. The number of hydrogen-bond donors (Lipinski definition) is 0. The molecule has 4 aromatic heterocycles. The molecule has 0 fully saturated rings. The van der Waals surface area contributed by atoms with E-state index in [-0.39, 0.29) is 11.5 Å². The van der Waals surface area contributed by atoms with Crippen LogP contribution in [0.1, 0.15) is 22.6 Å². The van der Waals surface area contributed by atoms with Gasteiger partial charge in [0.05, 0.1) is 12.2 Å². The predicted molar refractivity (Wildman–Crippen MR) is 93.9 cm³/mol. The summed E-state index contributed by atoms with van der Waals surface area (Å²) in [7, 11) is 0. The Balaban J connectivity index is 1.79. The fourth-order valence-electron chi connectivity index (χ4n) is 3.27. The third-order valence-corrected chi connectivity index (χ3v) is 4.38. The van der Waals surface area contributed by atoms with Crippen molar-refractivity contribution >= 4 is 5.65 Å². The maximum absolute atomic E-state index is 14.1. The van der Waals surface area contributed by atoms with E-state index < -0.39 is 0 Å². The Hall–Kier alpha value is -3.02. The summed E-state index contributed by atoms with van der Waals surface area (Å²) in [5, 5.41) is 0. The van der Waals surface area contributed by atoms with Crippen molar-refractivity contribution in [1.29, 1.82) is 0 Å². The second kappa shape index (κ2) is 5.81. The van der Waals surface area contributed by atoms with Gasteiger partial charge >= 0.3 is 0 Å². The number of hydrogen-bond acceptors (Lipinski definition) is 3. The van der Waals surface area contributed by atoms with E-state index in [1.54, 1.807) is 18.5 Å². The van der Waals surface area contributed by atoms with E-state index in [1.807, 2.05) is 10.8 Å². The topological polar surface area (TPSA) is 48.0 Å². The molecule has 0 unspecified atom stereocenters. The molecule has 0 aromatic carbocycles. The summed E-state index contributed by atoms with van der Waals surface area (Å²) < 4.78 is 18.1. The first-order valence-corrected chi connectivity index (χ1v) is 8.12. The number of fused-ring (bicyclic) bond motifs is 1. The fraction of sp³-hybridized carbons (Fsp3) is 0.211. The molecule has 4 heterocycles. The van der Waals surface area contributed by atoms with Gasteiger partial charge in [-0.3, -0.25) is 0 Å². The van der Waals surface area contributed by atoms with Gasteiger partial charge in [0.2, 0.25) is 0 Å². The van der Waals surface area contributed by atoms with Crippen LogP contribution in [-0.4, -0.2) is 23.9 Å². The van der Waals surface area contributed by atoms with Crippen molar-refractivity contribution in [2.75, 3.05) is 0 Å². The molecule has 6 heteroatoms. The van der Waals surface area contributed by atoms with E-state index in [0.717, 1.165) is 22.7 Å². The lowest BCUT2D eigenvalue weighted by Crippen LogP contribution is -2.05. The lowest BCUT2D eigenvalue weighted by atomic mass is 10.2. The summed E-state index contributed by atoms with van der Waals surface area (Å²) in [6.45, 7) is 6.70. The Bertz CT molecular complexity index is 1080. The second-order valence-electron chi connectivity index (χ2n) is 6.22. The van der Waals surface area contributed by atoms with E-state index in [0.29, 0.717) is 12.4 Å². The predicted octanol–water partition coefficient (Wildman–Crippen LogP) is 3.71. The van der Waals surface area contributed by atoms with Crippen LogP contribution in [0.3, 0.4) is 0 Å². The van der Waals surface area contributed by atoms with Gasteiger partial charge in [-0.25, -0.2) is 19.3 Å². The molecule has 4 aromatic rings. The molecule has 0 saturated heterocycles. The molecule has 0 aliphatic carbocycles. The molecule has 4 rings (SSSR count). The van der Waals surface area contributed by atoms with Crippen LogP contribution in [-0.2, 0) is 6.54 Å². The summed E-state index contributed by atoms with van der Waals surface area (Å²) >= 11 is 0. The minimum Gasteiger partial charge on any atom is -0.324 e. The van der Waals surface area contributed by atoms with Crippen molar-refractivity contribution in [2.45, 2.75) is 27.3 Å². The van der Waals surface area contributed by atoms with Crippen LogP contribution in [0, 0.1) is 26.6 Å². The zero-order valence-corrected chi connectivity index (χ0v) is 14.4. The third-order valence-electron chi connectivity index (χ3n) is 4.38. The van der Waals surface area contributed by atoms with Gasteiger partial charge in [0.25, 0.3) is 0 Å². The summed E-state index contributed by atoms with van der Waals surface area (Å²) in [6.07, 6.45) is 5.05. The zero-order chi connectivity index (χ0) is 17.6. The molecular formula is C19H18FN5. The van der Waals surface area contributed by atoms with Crippen LogP contribution in [0.15, 0.2) is 42.9 Å². The second-order valence-corrected chi connectivity index (χ2v) is 6.22. The normalized spacial score (nSPS) is 11.4. The number of nitrogens with zero attached hydrogens (tertiary/aromatic N) is 5. The Morgan fingerprint density at radius 3 is 2.72 bits per heavy atom. The molecule has 0 aliphatic heterocycles. The molecule has 0 N–H and O–H groups in total. The molecular weight excluding hydrogens is 317 g/mol. The van der Waals surface area contributed by atoms with Crippen LogP contribution >= 0.6 is 0 Å². The SMILES string of the molecule is Cc1cc(C)n2c(C)c(Cn3ccnc3-c3ncccc3F)nc2c1. The van der Waals surface area contributed by atoms with Gasteiger partial charge in [-0.05, 0) is 50.6 Å². The molecule has 0 radical (unpaired) electrons. The summed E-state index contributed by atoms with van der Waals surface area (Å²) in [5.41, 5.74) is 5.52. The summed E-state index contributed by atoms with van der Waals surface area (Å²) in [6, 6.07) is 7.17. The van der Waals surface area contributed by atoms with E-state index in [2.05, 4.69) is 47.3 Å². The number of rotatable bonds is 3. The van der Waals surface area contributed by atoms with Gasteiger partial charge in [0.15, 0.2) is 11.6 Å². The van der Waals surface area contributed by atoms with E-state index >= 15 is 0 Å². The largest absolute Gasteiger partial charge is 0.324 e. The fourth-order valence-corrected chi connectivity index (χ4v) is 3.27. The molecule has 0 bridgehead atoms. The van der Waals surface area contributed by atoms with Crippen LogP contribution in [0.2, 0.25) is 0 Å². The van der Waals surface area contributed by atoms with Crippen LogP contribution in [0.25, 0.3) is 17.2 Å². The highest BCUT2D eigenvalue weighted by Gasteiger charge is 2.16. The van der Waals surface area contributed by atoms with Gasteiger partial charge < -0.3 is 8.97 Å². The van der Waals surface area contributed by atoms with Crippen molar-refractivity contribution in [3.8, 4) is 11.5 Å². The highest BCUT2D eigenvalue weighted by Crippen LogP contribution is 2.21. The first-order valence-electron chi connectivity index (χ1n) is 8.12. The van der Waals surface area contributed by atoms with Crippen molar-refractivity contribution in [3.05, 3.63) is 71.3 Å². The van der Waals surface area contributed by atoms with E-state index in [4.69, 9.17) is 4.98 Å². The van der Waals surface area contributed by atoms with Gasteiger partial charge in [0, 0.05) is 30.0 Å². The van der Waals surface area contributed by atoms with Crippen molar-refractivity contribution in [3.63, 3.8) is 0 Å². The minimum atomic E-state index is -0.381. The number of halogens is 1. The maximum atomic E-state index is 14.1. The number of aryl methyl sites for hydroxylation is 3. The molecule has 0 saturated carbocycles. The molecule has 0 amide bonds.